The summed E-state index contributed by atoms with van der Waals surface area (Å²) < 4.78 is 5.72. The molecule has 132 valence electrons. The summed E-state index contributed by atoms with van der Waals surface area (Å²) in [6, 6.07) is 14.9. The minimum absolute atomic E-state index is 0.0375. The number of carbonyl (C=O) groups is 2. The van der Waals surface area contributed by atoms with Gasteiger partial charge in [0.2, 0.25) is 5.91 Å². The van der Waals surface area contributed by atoms with E-state index in [0.717, 1.165) is 5.56 Å². The predicted octanol–water partition coefficient (Wildman–Crippen LogP) is 4.42. The van der Waals surface area contributed by atoms with Crippen molar-refractivity contribution >= 4 is 17.4 Å². The Morgan fingerprint density at radius 2 is 1.88 bits per heavy atom. The zero-order chi connectivity index (χ0) is 18.5. The van der Waals surface area contributed by atoms with Gasteiger partial charge in [0.1, 0.15) is 0 Å². The summed E-state index contributed by atoms with van der Waals surface area (Å²) >= 11 is 0. The lowest BCUT2D eigenvalue weighted by Crippen LogP contribution is -2.12. The van der Waals surface area contributed by atoms with Crippen molar-refractivity contribution in [1.82, 2.24) is 4.98 Å². The van der Waals surface area contributed by atoms with E-state index in [0.29, 0.717) is 29.3 Å². The number of oxazole rings is 1. The smallest absolute Gasteiger partial charge is 0.224 e. The zero-order valence-corrected chi connectivity index (χ0v) is 14.8. The summed E-state index contributed by atoms with van der Waals surface area (Å²) in [6.07, 6.45) is 2.33. The van der Waals surface area contributed by atoms with Crippen LogP contribution >= 0.6 is 0 Å². The Labute approximate surface area is 152 Å². The number of hydrogen-bond donors (Lipinski definition) is 1. The zero-order valence-electron chi connectivity index (χ0n) is 14.8. The molecule has 0 saturated carbocycles. The highest BCUT2D eigenvalue weighted by Crippen LogP contribution is 2.21. The van der Waals surface area contributed by atoms with E-state index in [9.17, 15) is 9.59 Å². The van der Waals surface area contributed by atoms with E-state index in [2.05, 4.69) is 10.3 Å². The molecule has 0 fully saturated rings. The van der Waals surface area contributed by atoms with Crippen LogP contribution in [-0.4, -0.2) is 16.7 Å². The van der Waals surface area contributed by atoms with Gasteiger partial charge in [-0.1, -0.05) is 42.0 Å². The van der Waals surface area contributed by atoms with Crippen molar-refractivity contribution in [2.45, 2.75) is 26.7 Å². The molecule has 5 nitrogen and oxygen atoms in total. The van der Waals surface area contributed by atoms with Gasteiger partial charge in [-0.05, 0) is 26.0 Å². The minimum Gasteiger partial charge on any atom is -0.441 e. The van der Waals surface area contributed by atoms with E-state index >= 15 is 0 Å². The molecular weight excluding hydrogens is 328 g/mol. The van der Waals surface area contributed by atoms with Crippen LogP contribution in [0.4, 0.5) is 5.69 Å². The fourth-order valence-electron chi connectivity index (χ4n) is 2.54. The summed E-state index contributed by atoms with van der Waals surface area (Å²) in [7, 11) is 0. The second kappa shape index (κ2) is 7.78. The number of nitrogens with zero attached hydrogens (tertiary/aromatic N) is 1. The van der Waals surface area contributed by atoms with Crippen LogP contribution in [0.15, 0.2) is 59.1 Å². The average molecular weight is 348 g/mol. The van der Waals surface area contributed by atoms with Crippen LogP contribution in [0.1, 0.15) is 35.2 Å². The average Bonchev–Trinajstić information content (AvgIpc) is 3.10. The van der Waals surface area contributed by atoms with Crippen LogP contribution in [0.2, 0.25) is 0 Å². The number of amides is 1. The Morgan fingerprint density at radius 3 is 2.62 bits per heavy atom. The molecule has 0 aliphatic carbocycles. The van der Waals surface area contributed by atoms with Gasteiger partial charge in [-0.15, -0.1) is 0 Å². The monoisotopic (exact) mass is 348 g/mol. The van der Waals surface area contributed by atoms with Crippen molar-refractivity contribution < 1.29 is 14.0 Å². The molecule has 0 unspecified atom stereocenters. The Morgan fingerprint density at radius 1 is 1.12 bits per heavy atom. The normalized spacial score (nSPS) is 10.5. The number of benzene rings is 2. The van der Waals surface area contributed by atoms with Gasteiger partial charge in [0.05, 0.1) is 6.20 Å². The third-order valence-electron chi connectivity index (χ3n) is 4.01. The van der Waals surface area contributed by atoms with Crippen LogP contribution in [0.3, 0.4) is 0 Å². The lowest BCUT2D eigenvalue weighted by molar-refractivity contribution is -0.116. The van der Waals surface area contributed by atoms with Gasteiger partial charge >= 0.3 is 0 Å². The summed E-state index contributed by atoms with van der Waals surface area (Å²) in [6.45, 7) is 3.52. The first-order valence-electron chi connectivity index (χ1n) is 8.44. The van der Waals surface area contributed by atoms with Crippen molar-refractivity contribution in [3.05, 3.63) is 71.7 Å². The number of hydrogen-bond acceptors (Lipinski definition) is 4. The molecule has 3 rings (SSSR count). The van der Waals surface area contributed by atoms with Crippen molar-refractivity contribution in [1.29, 1.82) is 0 Å². The molecule has 1 amide bonds. The van der Waals surface area contributed by atoms with Crippen LogP contribution in [0.25, 0.3) is 11.3 Å². The summed E-state index contributed by atoms with van der Waals surface area (Å²) in [5.74, 6) is 1.02. The molecule has 1 heterocycles. The number of anilines is 1. The van der Waals surface area contributed by atoms with E-state index in [4.69, 9.17) is 4.42 Å². The molecule has 0 atom stereocenters. The predicted molar refractivity (Wildman–Crippen MR) is 100 cm³/mol. The third kappa shape index (κ3) is 4.45. The molecule has 3 aromatic rings. The third-order valence-corrected chi connectivity index (χ3v) is 4.01. The van der Waals surface area contributed by atoms with Crippen molar-refractivity contribution in [3.8, 4) is 11.3 Å². The van der Waals surface area contributed by atoms with Gasteiger partial charge < -0.3 is 9.73 Å². The van der Waals surface area contributed by atoms with Crippen LogP contribution < -0.4 is 5.32 Å². The number of aryl methyl sites for hydroxylation is 2. The minimum atomic E-state index is -0.152. The standard InChI is InChI=1S/C21H20N2O3/c1-14-6-8-16(9-7-14)19-13-22-21(26-19)11-10-20(25)23-18-5-3-4-17(12-18)15(2)24/h3-9,12-13H,10-11H2,1-2H3,(H,23,25). The molecule has 0 aliphatic rings. The molecule has 1 aromatic heterocycles. The molecule has 0 saturated heterocycles. The Hall–Kier alpha value is -3.21. The van der Waals surface area contributed by atoms with Crippen molar-refractivity contribution in [2.24, 2.45) is 0 Å². The van der Waals surface area contributed by atoms with Crippen LogP contribution in [0, 0.1) is 6.92 Å². The first kappa shape index (κ1) is 17.6. The number of aromatic nitrogens is 1. The van der Waals surface area contributed by atoms with E-state index in [1.165, 1.54) is 12.5 Å². The van der Waals surface area contributed by atoms with Crippen LogP contribution in [0.5, 0.6) is 0 Å². The maximum Gasteiger partial charge on any atom is 0.224 e. The molecule has 0 radical (unpaired) electrons. The van der Waals surface area contributed by atoms with Gasteiger partial charge in [-0.2, -0.15) is 0 Å². The number of rotatable bonds is 6. The van der Waals surface area contributed by atoms with E-state index in [1.807, 2.05) is 31.2 Å². The van der Waals surface area contributed by atoms with E-state index in [-0.39, 0.29) is 18.1 Å². The van der Waals surface area contributed by atoms with Gasteiger partial charge in [0.15, 0.2) is 17.4 Å². The molecule has 0 spiro atoms. The Balaban J connectivity index is 1.57. The molecule has 0 bridgehead atoms. The maximum absolute atomic E-state index is 12.1. The lowest BCUT2D eigenvalue weighted by Gasteiger charge is -2.05. The quantitative estimate of drug-likeness (QED) is 0.669. The van der Waals surface area contributed by atoms with E-state index in [1.54, 1.807) is 30.5 Å². The second-order valence-electron chi connectivity index (χ2n) is 6.17. The molecule has 26 heavy (non-hydrogen) atoms. The summed E-state index contributed by atoms with van der Waals surface area (Å²) in [5.41, 5.74) is 3.31. The van der Waals surface area contributed by atoms with Gasteiger partial charge in [0, 0.05) is 29.7 Å². The molecular formula is C21H20N2O3. The fourth-order valence-corrected chi connectivity index (χ4v) is 2.54. The van der Waals surface area contributed by atoms with E-state index < -0.39 is 0 Å². The second-order valence-corrected chi connectivity index (χ2v) is 6.17. The highest BCUT2D eigenvalue weighted by molar-refractivity contribution is 5.97. The molecule has 5 heteroatoms. The molecule has 1 N–H and O–H groups in total. The topological polar surface area (TPSA) is 72.2 Å². The summed E-state index contributed by atoms with van der Waals surface area (Å²) in [4.78, 5) is 27.8. The SMILES string of the molecule is CC(=O)c1cccc(NC(=O)CCc2ncc(-c3ccc(C)cc3)o2)c1. The highest BCUT2D eigenvalue weighted by Gasteiger charge is 2.10. The van der Waals surface area contributed by atoms with Crippen molar-refractivity contribution in [3.63, 3.8) is 0 Å². The van der Waals surface area contributed by atoms with Gasteiger partial charge in [-0.25, -0.2) is 4.98 Å². The number of Topliss-reactive ketones (excluding diaryl/α,β-unsaturated/α-hetero) is 1. The first-order chi connectivity index (χ1) is 12.5. The van der Waals surface area contributed by atoms with Gasteiger partial charge in [0.25, 0.3) is 0 Å². The Bertz CT molecular complexity index is 926. The molecule has 2 aromatic carbocycles. The highest BCUT2D eigenvalue weighted by atomic mass is 16.4. The largest absolute Gasteiger partial charge is 0.441 e. The molecule has 0 aliphatic heterocycles. The number of nitrogens with one attached hydrogen (secondary N) is 1. The first-order valence-corrected chi connectivity index (χ1v) is 8.44. The number of ketones is 1. The number of carbonyl (C=O) groups excluding carboxylic acids is 2. The summed E-state index contributed by atoms with van der Waals surface area (Å²) in [5, 5.41) is 2.79. The van der Waals surface area contributed by atoms with Gasteiger partial charge in [-0.3, -0.25) is 9.59 Å². The van der Waals surface area contributed by atoms with Crippen molar-refractivity contribution in [2.75, 3.05) is 5.32 Å². The fraction of sp³-hybridized carbons (Fsp3) is 0.190. The lowest BCUT2D eigenvalue weighted by atomic mass is 10.1. The van der Waals surface area contributed by atoms with Crippen LogP contribution in [-0.2, 0) is 11.2 Å². The Kier molecular flexibility index (Phi) is 5.27. The maximum atomic E-state index is 12.1.